The second-order valence-corrected chi connectivity index (χ2v) is 6.54. The van der Waals surface area contributed by atoms with Crippen molar-refractivity contribution in [3.05, 3.63) is 41.8 Å². The number of fused-ring (bicyclic) bond motifs is 1. The minimum absolute atomic E-state index is 0.118. The van der Waals surface area contributed by atoms with Crippen LogP contribution in [-0.4, -0.2) is 33.8 Å². The van der Waals surface area contributed by atoms with Crippen molar-refractivity contribution in [2.75, 3.05) is 6.54 Å². The molecular formula is C18H21N3O3. The van der Waals surface area contributed by atoms with Crippen molar-refractivity contribution in [2.45, 2.75) is 39.3 Å². The zero-order chi connectivity index (χ0) is 17.3. The molecule has 1 aromatic carbocycles. The fourth-order valence-electron chi connectivity index (χ4n) is 2.96. The van der Waals surface area contributed by atoms with Crippen molar-refractivity contribution in [3.8, 4) is 11.5 Å². The predicted octanol–water partition coefficient (Wildman–Crippen LogP) is 2.14. The van der Waals surface area contributed by atoms with Crippen molar-refractivity contribution in [1.29, 1.82) is 0 Å². The molecule has 0 fully saturated rings. The molecule has 0 saturated heterocycles. The Morgan fingerprint density at radius 1 is 1.25 bits per heavy atom. The maximum atomic E-state index is 12.7. The van der Waals surface area contributed by atoms with Gasteiger partial charge in [0.15, 0.2) is 0 Å². The van der Waals surface area contributed by atoms with Gasteiger partial charge in [-0.3, -0.25) is 9.59 Å². The summed E-state index contributed by atoms with van der Waals surface area (Å²) in [7, 11) is 0. The fourth-order valence-corrected chi connectivity index (χ4v) is 2.96. The molecule has 0 atom stereocenters. The Morgan fingerprint density at radius 2 is 1.96 bits per heavy atom. The minimum atomic E-state index is -0.935. The lowest BCUT2D eigenvalue weighted by Gasteiger charge is -2.33. The van der Waals surface area contributed by atoms with E-state index in [-0.39, 0.29) is 11.8 Å². The van der Waals surface area contributed by atoms with Crippen LogP contribution in [-0.2, 0) is 22.6 Å². The summed E-state index contributed by atoms with van der Waals surface area (Å²) in [6.45, 7) is 5.79. The molecule has 6 heteroatoms. The van der Waals surface area contributed by atoms with E-state index in [1.165, 1.54) is 6.92 Å². The number of aromatic nitrogens is 1. The largest absolute Gasteiger partial charge is 0.441 e. The SMILES string of the molecule is CC(=O)NC(C)(C)C(=O)N1CCc2oc(-c3ccccc3)nc2C1. The minimum Gasteiger partial charge on any atom is -0.441 e. The highest BCUT2D eigenvalue weighted by Crippen LogP contribution is 2.27. The summed E-state index contributed by atoms with van der Waals surface area (Å²) in [5, 5.41) is 2.70. The van der Waals surface area contributed by atoms with E-state index in [0.717, 1.165) is 17.0 Å². The third-order valence-electron chi connectivity index (χ3n) is 4.06. The van der Waals surface area contributed by atoms with Gasteiger partial charge in [0.05, 0.1) is 6.54 Å². The molecule has 2 aromatic rings. The maximum absolute atomic E-state index is 12.7. The predicted molar refractivity (Wildman–Crippen MR) is 89.0 cm³/mol. The second-order valence-electron chi connectivity index (χ2n) is 6.54. The Bertz CT molecular complexity index is 765. The number of rotatable bonds is 3. The molecule has 2 heterocycles. The van der Waals surface area contributed by atoms with Gasteiger partial charge in [-0.15, -0.1) is 0 Å². The van der Waals surface area contributed by atoms with Gasteiger partial charge in [0.2, 0.25) is 17.7 Å². The number of nitrogens with one attached hydrogen (secondary N) is 1. The van der Waals surface area contributed by atoms with Gasteiger partial charge in [-0.05, 0) is 26.0 Å². The van der Waals surface area contributed by atoms with Crippen LogP contribution in [0.15, 0.2) is 34.7 Å². The summed E-state index contributed by atoms with van der Waals surface area (Å²) < 4.78 is 5.85. The van der Waals surface area contributed by atoms with Crippen LogP contribution in [0.5, 0.6) is 0 Å². The normalized spacial score (nSPS) is 14.2. The number of carbonyl (C=O) groups is 2. The molecule has 1 N–H and O–H groups in total. The molecule has 0 unspecified atom stereocenters. The van der Waals surface area contributed by atoms with Crippen molar-refractivity contribution in [1.82, 2.24) is 15.2 Å². The first-order valence-corrected chi connectivity index (χ1v) is 7.99. The number of carbonyl (C=O) groups excluding carboxylic acids is 2. The molecule has 2 amide bonds. The van der Waals surface area contributed by atoms with E-state index < -0.39 is 5.54 Å². The quantitative estimate of drug-likeness (QED) is 0.937. The highest BCUT2D eigenvalue weighted by molar-refractivity contribution is 5.90. The van der Waals surface area contributed by atoms with Gasteiger partial charge < -0.3 is 14.6 Å². The maximum Gasteiger partial charge on any atom is 0.248 e. The zero-order valence-electron chi connectivity index (χ0n) is 14.1. The van der Waals surface area contributed by atoms with Crippen molar-refractivity contribution < 1.29 is 14.0 Å². The van der Waals surface area contributed by atoms with E-state index >= 15 is 0 Å². The Labute approximate surface area is 140 Å². The van der Waals surface area contributed by atoms with Gasteiger partial charge in [0.25, 0.3) is 0 Å². The van der Waals surface area contributed by atoms with Crippen molar-refractivity contribution >= 4 is 11.8 Å². The summed E-state index contributed by atoms with van der Waals surface area (Å²) in [5.74, 6) is 1.07. The summed E-state index contributed by atoms with van der Waals surface area (Å²) in [4.78, 5) is 30.3. The van der Waals surface area contributed by atoms with E-state index in [4.69, 9.17) is 4.42 Å². The second kappa shape index (κ2) is 6.11. The average Bonchev–Trinajstić information content (AvgIpc) is 2.97. The van der Waals surface area contributed by atoms with Crippen LogP contribution in [0, 0.1) is 0 Å². The Morgan fingerprint density at radius 3 is 2.62 bits per heavy atom. The zero-order valence-corrected chi connectivity index (χ0v) is 14.1. The van der Waals surface area contributed by atoms with Crippen LogP contribution in [0.4, 0.5) is 0 Å². The Hall–Kier alpha value is -2.63. The molecule has 0 spiro atoms. The number of oxazole rings is 1. The molecule has 1 aliphatic rings. The molecule has 0 radical (unpaired) electrons. The topological polar surface area (TPSA) is 75.4 Å². The number of hydrogen-bond donors (Lipinski definition) is 1. The lowest BCUT2D eigenvalue weighted by atomic mass is 10.0. The Kier molecular flexibility index (Phi) is 4.13. The first-order valence-electron chi connectivity index (χ1n) is 7.99. The van der Waals surface area contributed by atoms with Crippen LogP contribution in [0.2, 0.25) is 0 Å². The van der Waals surface area contributed by atoms with Crippen LogP contribution < -0.4 is 5.32 Å². The van der Waals surface area contributed by atoms with Gasteiger partial charge in [-0.1, -0.05) is 18.2 Å². The smallest absolute Gasteiger partial charge is 0.248 e. The summed E-state index contributed by atoms with van der Waals surface area (Å²) >= 11 is 0. The molecule has 0 bridgehead atoms. The van der Waals surface area contributed by atoms with Crippen LogP contribution >= 0.6 is 0 Å². The van der Waals surface area contributed by atoms with Crippen LogP contribution in [0.3, 0.4) is 0 Å². The molecule has 0 aliphatic carbocycles. The fraction of sp³-hybridized carbons (Fsp3) is 0.389. The average molecular weight is 327 g/mol. The monoisotopic (exact) mass is 327 g/mol. The van der Waals surface area contributed by atoms with E-state index in [1.54, 1.807) is 18.7 Å². The molecular weight excluding hydrogens is 306 g/mol. The van der Waals surface area contributed by atoms with E-state index in [2.05, 4.69) is 10.3 Å². The van der Waals surface area contributed by atoms with Crippen molar-refractivity contribution in [2.24, 2.45) is 0 Å². The summed E-state index contributed by atoms with van der Waals surface area (Å²) in [6, 6.07) is 9.70. The van der Waals surface area contributed by atoms with Gasteiger partial charge in [0, 0.05) is 25.5 Å². The highest BCUT2D eigenvalue weighted by Gasteiger charge is 2.35. The first kappa shape index (κ1) is 16.2. The molecule has 1 aromatic heterocycles. The first-order chi connectivity index (χ1) is 11.4. The molecule has 1 aliphatic heterocycles. The third-order valence-corrected chi connectivity index (χ3v) is 4.06. The molecule has 24 heavy (non-hydrogen) atoms. The van der Waals surface area contributed by atoms with Crippen LogP contribution in [0.1, 0.15) is 32.2 Å². The lowest BCUT2D eigenvalue weighted by molar-refractivity contribution is -0.141. The van der Waals surface area contributed by atoms with Crippen LogP contribution in [0.25, 0.3) is 11.5 Å². The van der Waals surface area contributed by atoms with E-state index in [1.807, 2.05) is 30.3 Å². The Balaban J connectivity index is 1.79. The van der Waals surface area contributed by atoms with Crippen molar-refractivity contribution in [3.63, 3.8) is 0 Å². The molecule has 126 valence electrons. The molecule has 0 saturated carbocycles. The highest BCUT2D eigenvalue weighted by atomic mass is 16.4. The van der Waals surface area contributed by atoms with Gasteiger partial charge in [0.1, 0.15) is 17.0 Å². The van der Waals surface area contributed by atoms with Gasteiger partial charge in [-0.25, -0.2) is 4.98 Å². The standard InChI is InChI=1S/C18H21N3O3/c1-12(22)20-18(2,3)17(23)21-10-9-15-14(11-21)19-16(24-15)13-7-5-4-6-8-13/h4-8H,9-11H2,1-3H3,(H,20,22). The number of nitrogens with zero attached hydrogens (tertiary/aromatic N) is 2. The van der Waals surface area contributed by atoms with E-state index in [9.17, 15) is 9.59 Å². The summed E-state index contributed by atoms with van der Waals surface area (Å²) in [5.41, 5.74) is 0.769. The molecule has 3 rings (SSSR count). The number of amides is 2. The summed E-state index contributed by atoms with van der Waals surface area (Å²) in [6.07, 6.45) is 0.622. The number of benzene rings is 1. The van der Waals surface area contributed by atoms with E-state index in [0.29, 0.717) is 25.4 Å². The molecule has 6 nitrogen and oxygen atoms in total. The third kappa shape index (κ3) is 3.18. The van der Waals surface area contributed by atoms with Gasteiger partial charge in [-0.2, -0.15) is 0 Å². The lowest BCUT2D eigenvalue weighted by Crippen LogP contribution is -2.56. The van der Waals surface area contributed by atoms with Gasteiger partial charge >= 0.3 is 0 Å². The number of hydrogen-bond acceptors (Lipinski definition) is 4.